The van der Waals surface area contributed by atoms with Gasteiger partial charge in [-0.3, -0.25) is 14.6 Å². The predicted molar refractivity (Wildman–Crippen MR) is 154 cm³/mol. The Balaban J connectivity index is 1.47. The maximum Gasteiger partial charge on any atom is 0.251 e. The summed E-state index contributed by atoms with van der Waals surface area (Å²) in [6.45, 7) is 5.89. The highest BCUT2D eigenvalue weighted by molar-refractivity contribution is 6.00. The van der Waals surface area contributed by atoms with Crippen molar-refractivity contribution < 1.29 is 19.1 Å². The van der Waals surface area contributed by atoms with E-state index in [0.29, 0.717) is 17.5 Å². The Kier molecular flexibility index (Phi) is 9.83. The molecule has 0 saturated heterocycles. The largest absolute Gasteiger partial charge is 0.468 e. The maximum absolute atomic E-state index is 13.4. The Hall–Kier alpha value is -4.27. The van der Waals surface area contributed by atoms with Crippen LogP contribution in [0.25, 0.3) is 0 Å². The zero-order chi connectivity index (χ0) is 28.5. The number of carbonyl (C=O) groups excluding carboxylic acids is 2. The van der Waals surface area contributed by atoms with Crippen LogP contribution in [0.2, 0.25) is 0 Å². The third-order valence-electron chi connectivity index (χ3n) is 6.76. The third kappa shape index (κ3) is 7.88. The summed E-state index contributed by atoms with van der Waals surface area (Å²) in [5.74, 6) is 0.0984. The van der Waals surface area contributed by atoms with Crippen molar-refractivity contribution in [3.05, 3.63) is 125 Å². The van der Waals surface area contributed by atoms with Crippen LogP contribution in [-0.2, 0) is 6.42 Å². The average molecular weight is 541 g/mol. The number of aromatic nitrogens is 1. The molecule has 8 heteroatoms. The summed E-state index contributed by atoms with van der Waals surface area (Å²) >= 11 is 0. The van der Waals surface area contributed by atoms with E-state index in [-0.39, 0.29) is 30.4 Å². The first-order valence-electron chi connectivity index (χ1n) is 13.4. The van der Waals surface area contributed by atoms with Crippen LogP contribution in [0.15, 0.2) is 95.7 Å². The minimum Gasteiger partial charge on any atom is -0.468 e. The number of nitrogens with one attached hydrogen (secondary N) is 3. The van der Waals surface area contributed by atoms with Crippen LogP contribution in [0.1, 0.15) is 69.2 Å². The Labute approximate surface area is 234 Å². The molecule has 40 heavy (non-hydrogen) atoms. The number of aliphatic hydroxyl groups excluding tert-OH is 1. The lowest BCUT2D eigenvalue weighted by Crippen LogP contribution is -2.49. The van der Waals surface area contributed by atoms with Crippen molar-refractivity contribution in [1.29, 1.82) is 0 Å². The van der Waals surface area contributed by atoms with Crippen molar-refractivity contribution in [1.82, 2.24) is 20.9 Å². The summed E-state index contributed by atoms with van der Waals surface area (Å²) < 4.78 is 5.45. The third-order valence-corrected chi connectivity index (χ3v) is 6.76. The van der Waals surface area contributed by atoms with E-state index in [1.165, 1.54) is 0 Å². The number of nitrogens with zero attached hydrogens (tertiary/aromatic N) is 1. The van der Waals surface area contributed by atoms with Gasteiger partial charge in [0.2, 0.25) is 0 Å². The Morgan fingerprint density at radius 2 is 1.57 bits per heavy atom. The Bertz CT molecular complexity index is 1380. The molecule has 4 N–H and O–H groups in total. The molecular formula is C32H36N4O4. The molecule has 208 valence electrons. The second-order valence-electron chi connectivity index (χ2n) is 10.0. The van der Waals surface area contributed by atoms with Crippen LogP contribution in [0, 0.1) is 6.92 Å². The Morgan fingerprint density at radius 1 is 0.875 bits per heavy atom. The van der Waals surface area contributed by atoms with Crippen molar-refractivity contribution in [3.63, 3.8) is 0 Å². The topological polar surface area (TPSA) is 116 Å². The number of carbonyl (C=O) groups is 2. The lowest BCUT2D eigenvalue weighted by Gasteiger charge is -2.26. The van der Waals surface area contributed by atoms with E-state index in [0.717, 1.165) is 22.6 Å². The van der Waals surface area contributed by atoms with Gasteiger partial charge in [-0.25, -0.2) is 0 Å². The fourth-order valence-electron chi connectivity index (χ4n) is 4.51. The monoisotopic (exact) mass is 540 g/mol. The summed E-state index contributed by atoms with van der Waals surface area (Å²) in [6, 6.07) is 23.0. The van der Waals surface area contributed by atoms with Gasteiger partial charge in [-0.05, 0) is 80.8 Å². The van der Waals surface area contributed by atoms with Crippen molar-refractivity contribution in [2.75, 3.05) is 6.54 Å². The van der Waals surface area contributed by atoms with Gasteiger partial charge < -0.3 is 25.5 Å². The molecule has 8 nitrogen and oxygen atoms in total. The van der Waals surface area contributed by atoms with Crippen LogP contribution in [0.5, 0.6) is 0 Å². The molecule has 2 amide bonds. The van der Waals surface area contributed by atoms with Crippen molar-refractivity contribution in [2.45, 2.75) is 51.4 Å². The van der Waals surface area contributed by atoms with Gasteiger partial charge >= 0.3 is 0 Å². The minimum absolute atomic E-state index is 0.107. The van der Waals surface area contributed by atoms with Crippen molar-refractivity contribution in [2.24, 2.45) is 0 Å². The van der Waals surface area contributed by atoms with Gasteiger partial charge in [-0.1, -0.05) is 36.4 Å². The highest BCUT2D eigenvalue weighted by Gasteiger charge is 2.24. The van der Waals surface area contributed by atoms with Crippen LogP contribution < -0.4 is 16.0 Å². The zero-order valence-corrected chi connectivity index (χ0v) is 23.0. The molecule has 0 radical (unpaired) electrons. The van der Waals surface area contributed by atoms with Gasteiger partial charge in [-0.2, -0.15) is 0 Å². The van der Waals surface area contributed by atoms with E-state index in [1.807, 2.05) is 81.4 Å². The predicted octanol–water partition coefficient (Wildman–Crippen LogP) is 4.53. The van der Waals surface area contributed by atoms with E-state index < -0.39 is 12.1 Å². The van der Waals surface area contributed by atoms with Crippen LogP contribution in [-0.4, -0.2) is 40.6 Å². The molecule has 4 atom stereocenters. The quantitative estimate of drug-likeness (QED) is 0.210. The number of hydrogen-bond acceptors (Lipinski definition) is 6. The number of aryl methyl sites for hydroxylation is 1. The Morgan fingerprint density at radius 3 is 2.23 bits per heavy atom. The summed E-state index contributed by atoms with van der Waals surface area (Å²) in [4.78, 5) is 30.8. The van der Waals surface area contributed by atoms with E-state index in [2.05, 4.69) is 20.9 Å². The van der Waals surface area contributed by atoms with E-state index >= 15 is 0 Å². The number of rotatable bonds is 12. The molecular weight excluding hydrogens is 504 g/mol. The number of benzene rings is 2. The zero-order valence-electron chi connectivity index (χ0n) is 23.0. The molecule has 0 bridgehead atoms. The van der Waals surface area contributed by atoms with Gasteiger partial charge in [-0.15, -0.1) is 0 Å². The van der Waals surface area contributed by atoms with Gasteiger partial charge in [0.25, 0.3) is 11.8 Å². The lowest BCUT2D eigenvalue weighted by molar-refractivity contribution is 0.0824. The smallest absolute Gasteiger partial charge is 0.251 e. The fraction of sp³-hybridized carbons (Fsp3) is 0.281. The summed E-state index contributed by atoms with van der Waals surface area (Å²) in [5.41, 5.74) is 3.23. The molecule has 0 aliphatic carbocycles. The summed E-state index contributed by atoms with van der Waals surface area (Å²) in [6.07, 6.45) is 2.84. The SMILES string of the molecule is Cc1cc(C(=O)NC(C)c2ccccn2)cc(C(=O)N[C@@H](Cc2ccccc2)[C@H](O)CNC(C)c2ccco2)c1. The van der Waals surface area contributed by atoms with Crippen LogP contribution >= 0.6 is 0 Å². The van der Waals surface area contributed by atoms with E-state index in [9.17, 15) is 14.7 Å². The summed E-state index contributed by atoms with van der Waals surface area (Å²) in [7, 11) is 0. The second kappa shape index (κ2) is 13.7. The molecule has 0 fully saturated rings. The molecule has 0 spiro atoms. The van der Waals surface area contributed by atoms with E-state index in [1.54, 1.807) is 30.7 Å². The molecule has 2 unspecified atom stereocenters. The van der Waals surface area contributed by atoms with Crippen molar-refractivity contribution in [3.8, 4) is 0 Å². The standard InChI is InChI=1S/C32H36N4O4/c1-21-16-25(31(38)35-22(2)27-12-7-8-14-33-27)19-26(17-21)32(39)36-28(18-24-10-5-4-6-11-24)29(37)20-34-23(3)30-13-9-15-40-30/h4-17,19,22-23,28-29,34,37H,18,20H2,1-3H3,(H,35,38)(H,36,39)/t22?,23?,28-,29+/m0/s1. The number of pyridine rings is 1. The van der Waals surface area contributed by atoms with Crippen molar-refractivity contribution >= 4 is 11.8 Å². The average Bonchev–Trinajstić information content (AvgIpc) is 3.51. The number of amides is 2. The van der Waals surface area contributed by atoms with Crippen LogP contribution in [0.3, 0.4) is 0 Å². The second-order valence-corrected chi connectivity index (χ2v) is 10.0. The fourth-order valence-corrected chi connectivity index (χ4v) is 4.51. The number of aliphatic hydroxyl groups is 1. The molecule has 2 aromatic carbocycles. The highest BCUT2D eigenvalue weighted by Crippen LogP contribution is 2.16. The molecule has 0 saturated carbocycles. The normalized spacial score (nSPS) is 14.1. The molecule has 2 heterocycles. The van der Waals surface area contributed by atoms with Gasteiger partial charge in [0, 0.05) is 23.9 Å². The molecule has 4 rings (SSSR count). The first-order chi connectivity index (χ1) is 19.3. The summed E-state index contributed by atoms with van der Waals surface area (Å²) in [5, 5.41) is 20.4. The first kappa shape index (κ1) is 28.7. The van der Waals surface area contributed by atoms with Gasteiger partial charge in [0.15, 0.2) is 0 Å². The van der Waals surface area contributed by atoms with Gasteiger partial charge in [0.05, 0.1) is 36.2 Å². The molecule has 0 aliphatic heterocycles. The first-order valence-corrected chi connectivity index (χ1v) is 13.4. The number of hydrogen-bond donors (Lipinski definition) is 4. The van der Waals surface area contributed by atoms with E-state index in [4.69, 9.17) is 4.42 Å². The van der Waals surface area contributed by atoms with Crippen LogP contribution in [0.4, 0.5) is 0 Å². The highest BCUT2D eigenvalue weighted by atomic mass is 16.3. The van der Waals surface area contributed by atoms with Gasteiger partial charge in [0.1, 0.15) is 5.76 Å². The molecule has 4 aromatic rings. The molecule has 0 aliphatic rings. The minimum atomic E-state index is -0.881. The number of furan rings is 1. The lowest BCUT2D eigenvalue weighted by atomic mass is 9.99. The molecule has 2 aromatic heterocycles. The maximum atomic E-state index is 13.4.